The Kier molecular flexibility index (Phi) is 4.19. The lowest BCUT2D eigenvalue weighted by Crippen LogP contribution is -2.43. The Morgan fingerprint density at radius 2 is 2.25 bits per heavy atom. The van der Waals surface area contributed by atoms with Crippen LogP contribution < -0.4 is 5.32 Å². The number of ether oxygens (including phenoxy) is 1. The van der Waals surface area contributed by atoms with E-state index in [4.69, 9.17) is 9.84 Å². The number of nitrogens with one attached hydrogen (secondary N) is 1. The summed E-state index contributed by atoms with van der Waals surface area (Å²) < 4.78 is 18.1. The summed E-state index contributed by atoms with van der Waals surface area (Å²) in [5.41, 5.74) is 0.278. The summed E-state index contributed by atoms with van der Waals surface area (Å²) in [6.07, 6.45) is -0.0723. The van der Waals surface area contributed by atoms with Crippen LogP contribution in [-0.2, 0) is 9.53 Å². The van der Waals surface area contributed by atoms with E-state index < -0.39 is 23.9 Å². The standard InChI is InChI=1S/C13H15FN2O4/c1-20-10-6-11(12(17)18)16(7-10)13(19)15-9-4-2-3-8(14)5-9/h2-5,10-11H,6-7H2,1H3,(H,15,19)(H,17,18). The summed E-state index contributed by atoms with van der Waals surface area (Å²) in [5.74, 6) is -1.56. The molecule has 2 rings (SSSR count). The number of anilines is 1. The predicted molar refractivity (Wildman–Crippen MR) is 69.0 cm³/mol. The van der Waals surface area contributed by atoms with Crippen LogP contribution in [0.25, 0.3) is 0 Å². The molecule has 2 unspecified atom stereocenters. The third-order valence-electron chi connectivity index (χ3n) is 3.22. The summed E-state index contributed by atoms with van der Waals surface area (Å²) in [6, 6.07) is 3.89. The molecule has 0 aromatic heterocycles. The molecule has 2 amide bonds. The fourth-order valence-corrected chi connectivity index (χ4v) is 2.19. The van der Waals surface area contributed by atoms with Gasteiger partial charge in [0, 0.05) is 25.8 Å². The van der Waals surface area contributed by atoms with Gasteiger partial charge in [-0.2, -0.15) is 0 Å². The first kappa shape index (κ1) is 14.3. The SMILES string of the molecule is COC1CC(C(=O)O)N(C(=O)Nc2cccc(F)c2)C1. The molecule has 0 bridgehead atoms. The third kappa shape index (κ3) is 3.05. The number of aliphatic carboxylic acids is 1. The fourth-order valence-electron chi connectivity index (χ4n) is 2.19. The van der Waals surface area contributed by atoms with E-state index in [9.17, 15) is 14.0 Å². The average Bonchev–Trinajstić information content (AvgIpc) is 2.83. The van der Waals surface area contributed by atoms with Gasteiger partial charge in [-0.15, -0.1) is 0 Å². The molecule has 2 N–H and O–H groups in total. The average molecular weight is 282 g/mol. The van der Waals surface area contributed by atoms with Crippen molar-refractivity contribution < 1.29 is 23.8 Å². The van der Waals surface area contributed by atoms with Gasteiger partial charge in [0.2, 0.25) is 0 Å². The smallest absolute Gasteiger partial charge is 0.326 e. The monoisotopic (exact) mass is 282 g/mol. The van der Waals surface area contributed by atoms with Crippen molar-refractivity contribution >= 4 is 17.7 Å². The summed E-state index contributed by atoms with van der Waals surface area (Å²) in [6.45, 7) is 0.189. The second-order valence-corrected chi connectivity index (χ2v) is 4.54. The van der Waals surface area contributed by atoms with E-state index in [1.165, 1.54) is 30.2 Å². The number of carbonyl (C=O) groups excluding carboxylic acids is 1. The second-order valence-electron chi connectivity index (χ2n) is 4.54. The van der Waals surface area contributed by atoms with Gasteiger partial charge in [0.25, 0.3) is 0 Å². The predicted octanol–water partition coefficient (Wildman–Crippen LogP) is 1.53. The number of nitrogens with zero attached hydrogens (tertiary/aromatic N) is 1. The van der Waals surface area contributed by atoms with Crippen LogP contribution in [0.1, 0.15) is 6.42 Å². The topological polar surface area (TPSA) is 78.9 Å². The number of methoxy groups -OCH3 is 1. The molecule has 2 atom stereocenters. The van der Waals surface area contributed by atoms with Gasteiger partial charge in [-0.25, -0.2) is 14.0 Å². The van der Waals surface area contributed by atoms with Gasteiger partial charge in [-0.1, -0.05) is 6.07 Å². The lowest BCUT2D eigenvalue weighted by atomic mass is 10.2. The Balaban J connectivity index is 2.09. The lowest BCUT2D eigenvalue weighted by Gasteiger charge is -2.21. The fraction of sp³-hybridized carbons (Fsp3) is 0.385. The maximum absolute atomic E-state index is 13.0. The van der Waals surface area contributed by atoms with Crippen molar-refractivity contribution in [1.29, 1.82) is 0 Å². The number of carboxylic acid groups (broad SMARTS) is 1. The number of hydrogen-bond donors (Lipinski definition) is 2. The molecule has 1 aliphatic heterocycles. The van der Waals surface area contributed by atoms with Crippen molar-refractivity contribution in [2.45, 2.75) is 18.6 Å². The van der Waals surface area contributed by atoms with Crippen molar-refractivity contribution in [3.8, 4) is 0 Å². The first-order chi connectivity index (χ1) is 9.51. The maximum Gasteiger partial charge on any atom is 0.326 e. The molecular weight excluding hydrogens is 267 g/mol. The van der Waals surface area contributed by atoms with E-state index >= 15 is 0 Å². The summed E-state index contributed by atoms with van der Waals surface area (Å²) >= 11 is 0. The Morgan fingerprint density at radius 1 is 1.50 bits per heavy atom. The molecule has 0 spiro atoms. The molecule has 1 aromatic rings. The van der Waals surface area contributed by atoms with Crippen LogP contribution in [0.3, 0.4) is 0 Å². The molecule has 7 heteroatoms. The van der Waals surface area contributed by atoms with Gasteiger partial charge in [0.05, 0.1) is 6.10 Å². The minimum Gasteiger partial charge on any atom is -0.480 e. The quantitative estimate of drug-likeness (QED) is 0.881. The lowest BCUT2D eigenvalue weighted by molar-refractivity contribution is -0.141. The van der Waals surface area contributed by atoms with Crippen LogP contribution in [0.4, 0.5) is 14.9 Å². The molecule has 1 fully saturated rings. The number of rotatable bonds is 3. The largest absolute Gasteiger partial charge is 0.480 e. The Bertz CT molecular complexity index is 523. The van der Waals surface area contributed by atoms with Crippen molar-refractivity contribution in [2.75, 3.05) is 19.0 Å². The van der Waals surface area contributed by atoms with Gasteiger partial charge < -0.3 is 20.1 Å². The van der Waals surface area contributed by atoms with Crippen LogP contribution in [0, 0.1) is 5.82 Å². The second kappa shape index (κ2) is 5.87. The van der Waals surface area contributed by atoms with E-state index in [0.29, 0.717) is 0 Å². The zero-order valence-electron chi connectivity index (χ0n) is 10.9. The Labute approximate surface area is 115 Å². The van der Waals surface area contributed by atoms with Gasteiger partial charge in [0.1, 0.15) is 11.9 Å². The summed E-state index contributed by atoms with van der Waals surface area (Å²) in [7, 11) is 1.47. The molecule has 20 heavy (non-hydrogen) atoms. The van der Waals surface area contributed by atoms with Gasteiger partial charge in [-0.3, -0.25) is 0 Å². The molecule has 6 nitrogen and oxygen atoms in total. The number of carboxylic acids is 1. The van der Waals surface area contributed by atoms with E-state index in [-0.39, 0.29) is 24.8 Å². The molecule has 1 aromatic carbocycles. The first-order valence-corrected chi connectivity index (χ1v) is 6.10. The van der Waals surface area contributed by atoms with Crippen LogP contribution in [0.2, 0.25) is 0 Å². The maximum atomic E-state index is 13.0. The number of likely N-dealkylation sites (tertiary alicyclic amines) is 1. The Hall–Kier alpha value is -2.15. The zero-order valence-corrected chi connectivity index (χ0v) is 10.9. The number of halogens is 1. The van der Waals surface area contributed by atoms with E-state index in [2.05, 4.69) is 5.32 Å². The number of amides is 2. The summed E-state index contributed by atoms with van der Waals surface area (Å²) in [5, 5.41) is 11.6. The first-order valence-electron chi connectivity index (χ1n) is 6.10. The molecular formula is C13H15FN2O4. The highest BCUT2D eigenvalue weighted by molar-refractivity contribution is 5.92. The molecule has 0 radical (unpaired) electrons. The zero-order chi connectivity index (χ0) is 14.7. The minimum absolute atomic E-state index is 0.189. The number of benzene rings is 1. The third-order valence-corrected chi connectivity index (χ3v) is 3.22. The summed E-state index contributed by atoms with van der Waals surface area (Å²) in [4.78, 5) is 24.4. The van der Waals surface area contributed by atoms with Crippen LogP contribution >= 0.6 is 0 Å². The number of urea groups is 1. The normalized spacial score (nSPS) is 21.8. The van der Waals surface area contributed by atoms with Gasteiger partial charge in [-0.05, 0) is 18.2 Å². The molecule has 1 aliphatic rings. The minimum atomic E-state index is -1.08. The highest BCUT2D eigenvalue weighted by Gasteiger charge is 2.39. The van der Waals surface area contributed by atoms with Gasteiger partial charge in [0.15, 0.2) is 0 Å². The van der Waals surface area contributed by atoms with Crippen LogP contribution in [0.5, 0.6) is 0 Å². The van der Waals surface area contributed by atoms with Crippen molar-refractivity contribution in [3.63, 3.8) is 0 Å². The highest BCUT2D eigenvalue weighted by Crippen LogP contribution is 2.21. The van der Waals surface area contributed by atoms with Crippen LogP contribution in [-0.4, -0.2) is 47.8 Å². The Morgan fingerprint density at radius 3 is 2.85 bits per heavy atom. The van der Waals surface area contributed by atoms with Crippen LogP contribution in [0.15, 0.2) is 24.3 Å². The molecule has 1 saturated heterocycles. The van der Waals surface area contributed by atoms with Crippen molar-refractivity contribution in [3.05, 3.63) is 30.1 Å². The number of carbonyl (C=O) groups is 2. The van der Waals surface area contributed by atoms with Crippen molar-refractivity contribution in [1.82, 2.24) is 4.90 Å². The number of hydrogen-bond acceptors (Lipinski definition) is 3. The molecule has 0 aliphatic carbocycles. The van der Waals surface area contributed by atoms with E-state index in [1.807, 2.05) is 0 Å². The molecule has 0 saturated carbocycles. The molecule has 108 valence electrons. The van der Waals surface area contributed by atoms with Crippen molar-refractivity contribution in [2.24, 2.45) is 0 Å². The highest BCUT2D eigenvalue weighted by atomic mass is 19.1. The van der Waals surface area contributed by atoms with Gasteiger partial charge >= 0.3 is 12.0 Å². The van der Waals surface area contributed by atoms with E-state index in [0.717, 1.165) is 6.07 Å². The van der Waals surface area contributed by atoms with E-state index in [1.54, 1.807) is 0 Å². The molecule has 1 heterocycles.